The van der Waals surface area contributed by atoms with Gasteiger partial charge in [0.1, 0.15) is 12.4 Å². The number of fused-ring (bicyclic) bond motifs is 1. The molecule has 0 radical (unpaired) electrons. The van der Waals surface area contributed by atoms with Crippen molar-refractivity contribution in [2.24, 2.45) is 0 Å². The molecule has 0 atom stereocenters. The number of anilines is 1. The van der Waals surface area contributed by atoms with E-state index in [9.17, 15) is 4.79 Å². The fraction of sp³-hybridized carbons (Fsp3) is 0.0909. The van der Waals surface area contributed by atoms with Crippen LogP contribution in [-0.4, -0.2) is 21.0 Å². The average Bonchev–Trinajstić information content (AvgIpc) is 3.16. The molecule has 2 aromatic heterocycles. The molecule has 4 aromatic rings. The number of thioether (sulfide) groups is 1. The van der Waals surface area contributed by atoms with E-state index in [2.05, 4.69) is 10.3 Å². The number of nitrogens with one attached hydrogen (secondary N) is 1. The van der Waals surface area contributed by atoms with Gasteiger partial charge in [0.2, 0.25) is 5.91 Å². The molecule has 0 saturated carbocycles. The first-order valence-electron chi connectivity index (χ1n) is 8.89. The lowest BCUT2D eigenvalue weighted by molar-refractivity contribution is -0.113. The molecule has 0 spiro atoms. The first-order valence-corrected chi connectivity index (χ1v) is 9.88. The third-order valence-electron chi connectivity index (χ3n) is 4.12. The number of imidazole rings is 1. The molecule has 1 amide bonds. The van der Waals surface area contributed by atoms with E-state index in [0.717, 1.165) is 27.7 Å². The molecule has 5 nitrogen and oxygen atoms in total. The van der Waals surface area contributed by atoms with Crippen molar-refractivity contribution in [3.8, 4) is 5.75 Å². The summed E-state index contributed by atoms with van der Waals surface area (Å²) >= 11 is 1.41. The van der Waals surface area contributed by atoms with Crippen molar-refractivity contribution in [2.75, 3.05) is 11.1 Å². The van der Waals surface area contributed by atoms with Crippen molar-refractivity contribution in [3.63, 3.8) is 0 Å². The van der Waals surface area contributed by atoms with Gasteiger partial charge in [-0.05, 0) is 42.0 Å². The van der Waals surface area contributed by atoms with Gasteiger partial charge < -0.3 is 10.1 Å². The van der Waals surface area contributed by atoms with E-state index in [1.807, 2.05) is 83.4 Å². The SMILES string of the molecule is O=C(CSc1ncc2ccccn12)Nc1ccc(OCc2ccccc2)cc1. The Hall–Kier alpha value is -3.25. The molecule has 140 valence electrons. The second-order valence-corrected chi connectivity index (χ2v) is 7.11. The second kappa shape index (κ2) is 8.63. The highest BCUT2D eigenvalue weighted by Gasteiger charge is 2.08. The Balaban J connectivity index is 1.28. The molecule has 0 saturated heterocycles. The number of pyridine rings is 1. The number of benzene rings is 2. The van der Waals surface area contributed by atoms with Gasteiger partial charge in [-0.15, -0.1) is 0 Å². The lowest BCUT2D eigenvalue weighted by Crippen LogP contribution is -2.14. The van der Waals surface area contributed by atoms with Gasteiger partial charge in [-0.2, -0.15) is 0 Å². The van der Waals surface area contributed by atoms with Crippen molar-refractivity contribution in [3.05, 3.63) is 90.8 Å². The number of rotatable bonds is 7. The van der Waals surface area contributed by atoms with E-state index in [4.69, 9.17) is 4.74 Å². The van der Waals surface area contributed by atoms with Gasteiger partial charge in [0, 0.05) is 11.9 Å². The zero-order chi connectivity index (χ0) is 19.2. The number of carbonyl (C=O) groups is 1. The van der Waals surface area contributed by atoms with Crippen LogP contribution in [-0.2, 0) is 11.4 Å². The van der Waals surface area contributed by atoms with Crippen molar-refractivity contribution in [2.45, 2.75) is 11.8 Å². The number of hydrogen-bond acceptors (Lipinski definition) is 4. The molecule has 0 fully saturated rings. The van der Waals surface area contributed by atoms with Crippen molar-refractivity contribution in [1.29, 1.82) is 0 Å². The minimum atomic E-state index is -0.0735. The summed E-state index contributed by atoms with van der Waals surface area (Å²) in [5.74, 6) is 0.982. The van der Waals surface area contributed by atoms with Gasteiger partial charge in [0.05, 0.1) is 17.5 Å². The van der Waals surface area contributed by atoms with Crippen LogP contribution in [0.1, 0.15) is 5.56 Å². The average molecular weight is 389 g/mol. The van der Waals surface area contributed by atoms with Crippen LogP contribution in [0.2, 0.25) is 0 Å². The predicted octanol–water partition coefficient (Wildman–Crippen LogP) is 4.64. The number of amides is 1. The van der Waals surface area contributed by atoms with Crippen molar-refractivity contribution < 1.29 is 9.53 Å². The molecule has 28 heavy (non-hydrogen) atoms. The summed E-state index contributed by atoms with van der Waals surface area (Å²) in [6.45, 7) is 0.515. The molecule has 0 aliphatic heterocycles. The summed E-state index contributed by atoms with van der Waals surface area (Å²) in [6.07, 6.45) is 3.74. The van der Waals surface area contributed by atoms with Gasteiger partial charge in [0.25, 0.3) is 0 Å². The predicted molar refractivity (Wildman–Crippen MR) is 112 cm³/mol. The highest BCUT2D eigenvalue weighted by atomic mass is 32.2. The quantitative estimate of drug-likeness (QED) is 0.468. The minimum absolute atomic E-state index is 0.0735. The maximum absolute atomic E-state index is 12.2. The molecule has 2 heterocycles. The maximum Gasteiger partial charge on any atom is 0.234 e. The lowest BCUT2D eigenvalue weighted by atomic mass is 10.2. The van der Waals surface area contributed by atoms with Crippen LogP contribution < -0.4 is 10.1 Å². The molecule has 0 unspecified atom stereocenters. The molecule has 0 aliphatic carbocycles. The molecule has 0 bridgehead atoms. The third kappa shape index (κ3) is 4.53. The summed E-state index contributed by atoms with van der Waals surface area (Å²) < 4.78 is 7.73. The van der Waals surface area contributed by atoms with Crippen molar-refractivity contribution in [1.82, 2.24) is 9.38 Å². The number of ether oxygens (including phenoxy) is 1. The van der Waals surface area contributed by atoms with Crippen LogP contribution in [0.15, 0.2) is 90.3 Å². The van der Waals surface area contributed by atoms with E-state index in [1.54, 1.807) is 6.20 Å². The Kier molecular flexibility index (Phi) is 5.58. The molecule has 1 N–H and O–H groups in total. The van der Waals surface area contributed by atoms with E-state index in [0.29, 0.717) is 12.4 Å². The van der Waals surface area contributed by atoms with E-state index in [-0.39, 0.29) is 5.91 Å². The topological polar surface area (TPSA) is 55.6 Å². The summed E-state index contributed by atoms with van der Waals surface area (Å²) in [5, 5.41) is 3.70. The summed E-state index contributed by atoms with van der Waals surface area (Å²) in [6, 6.07) is 23.3. The van der Waals surface area contributed by atoms with Gasteiger partial charge >= 0.3 is 0 Å². The van der Waals surface area contributed by atoms with Crippen LogP contribution in [0.3, 0.4) is 0 Å². The lowest BCUT2D eigenvalue weighted by Gasteiger charge is -2.08. The molecular formula is C22H19N3O2S. The number of hydrogen-bond donors (Lipinski definition) is 1. The number of aromatic nitrogens is 2. The molecule has 6 heteroatoms. The van der Waals surface area contributed by atoms with Crippen LogP contribution >= 0.6 is 11.8 Å². The Morgan fingerprint density at radius 2 is 1.79 bits per heavy atom. The fourth-order valence-corrected chi connectivity index (χ4v) is 3.49. The Morgan fingerprint density at radius 3 is 2.61 bits per heavy atom. The van der Waals surface area contributed by atoms with Crippen LogP contribution in [0.25, 0.3) is 5.52 Å². The Bertz CT molecular complexity index is 1060. The smallest absolute Gasteiger partial charge is 0.234 e. The summed E-state index contributed by atoms with van der Waals surface area (Å²) in [4.78, 5) is 16.6. The maximum atomic E-state index is 12.2. The standard InChI is InChI=1S/C22H19N3O2S/c26-21(16-28-22-23-14-19-8-4-5-13-25(19)22)24-18-9-11-20(12-10-18)27-15-17-6-2-1-3-7-17/h1-14H,15-16H2,(H,24,26). The Labute approximate surface area is 167 Å². The zero-order valence-corrected chi connectivity index (χ0v) is 15.9. The minimum Gasteiger partial charge on any atom is -0.489 e. The third-order valence-corrected chi connectivity index (χ3v) is 5.09. The first kappa shape index (κ1) is 18.1. The van der Waals surface area contributed by atoms with Gasteiger partial charge in [-0.3, -0.25) is 9.20 Å². The van der Waals surface area contributed by atoms with E-state index in [1.165, 1.54) is 11.8 Å². The number of carbonyl (C=O) groups excluding carboxylic acids is 1. The van der Waals surface area contributed by atoms with E-state index >= 15 is 0 Å². The monoisotopic (exact) mass is 389 g/mol. The number of nitrogens with zero attached hydrogens (tertiary/aromatic N) is 2. The van der Waals surface area contributed by atoms with Gasteiger partial charge in [-0.25, -0.2) is 4.98 Å². The highest BCUT2D eigenvalue weighted by Crippen LogP contribution is 2.20. The largest absolute Gasteiger partial charge is 0.489 e. The highest BCUT2D eigenvalue weighted by molar-refractivity contribution is 7.99. The van der Waals surface area contributed by atoms with Crippen LogP contribution in [0, 0.1) is 0 Å². The Morgan fingerprint density at radius 1 is 1.00 bits per heavy atom. The van der Waals surface area contributed by atoms with E-state index < -0.39 is 0 Å². The molecule has 0 aliphatic rings. The second-order valence-electron chi connectivity index (χ2n) is 6.17. The normalized spacial score (nSPS) is 10.7. The first-order chi connectivity index (χ1) is 13.8. The van der Waals surface area contributed by atoms with Gasteiger partial charge in [0.15, 0.2) is 5.16 Å². The molecule has 2 aromatic carbocycles. The molecule has 4 rings (SSSR count). The van der Waals surface area contributed by atoms with Crippen molar-refractivity contribution >= 4 is 28.9 Å². The zero-order valence-electron chi connectivity index (χ0n) is 15.1. The summed E-state index contributed by atoms with van der Waals surface area (Å²) in [7, 11) is 0. The fourth-order valence-electron chi connectivity index (χ4n) is 2.73. The van der Waals surface area contributed by atoms with Gasteiger partial charge in [-0.1, -0.05) is 48.2 Å². The van der Waals surface area contributed by atoms with Crippen LogP contribution in [0.5, 0.6) is 5.75 Å². The van der Waals surface area contributed by atoms with Crippen LogP contribution in [0.4, 0.5) is 5.69 Å². The molecular weight excluding hydrogens is 370 g/mol. The summed E-state index contributed by atoms with van der Waals surface area (Å²) in [5.41, 5.74) is 2.87.